The van der Waals surface area contributed by atoms with Crippen LogP contribution >= 0.6 is 24.0 Å². The molecule has 0 aliphatic carbocycles. The third-order valence-electron chi connectivity index (χ3n) is 4.35. The monoisotopic (exact) mass is 463 g/mol. The molecule has 0 saturated carbocycles. The lowest BCUT2D eigenvalue weighted by Crippen LogP contribution is -2.52. The first-order chi connectivity index (χ1) is 11.6. The summed E-state index contributed by atoms with van der Waals surface area (Å²) in [5, 5.41) is 6.92. The zero-order chi connectivity index (χ0) is 17.4. The third kappa shape index (κ3) is 7.54. The Morgan fingerprint density at radius 1 is 1.48 bits per heavy atom. The van der Waals surface area contributed by atoms with Crippen LogP contribution in [0.5, 0.6) is 0 Å². The molecule has 1 fully saturated rings. The number of amides is 2. The molecule has 2 amide bonds. The number of rotatable bonds is 6. The quantitative estimate of drug-likeness (QED) is 0.343. The van der Waals surface area contributed by atoms with E-state index in [1.165, 1.54) is 0 Å². The SMILES string of the molecule is CCC(C)NC(=NCCc1ccco1)NC1CCN(C(N)=O)CC1.I. The normalized spacial score (nSPS) is 16.9. The number of furan rings is 1. The van der Waals surface area contributed by atoms with E-state index in [1.54, 1.807) is 11.2 Å². The Bertz CT molecular complexity index is 527. The number of nitrogens with one attached hydrogen (secondary N) is 2. The molecule has 7 nitrogen and oxygen atoms in total. The van der Waals surface area contributed by atoms with E-state index in [1.807, 2.05) is 12.1 Å². The molecule has 0 aromatic carbocycles. The molecular formula is C17H30IN5O2. The molecule has 1 aromatic heterocycles. The van der Waals surface area contributed by atoms with Gasteiger partial charge in [-0.1, -0.05) is 6.92 Å². The number of aliphatic imine (C=N–C) groups is 1. The minimum absolute atomic E-state index is 0. The fourth-order valence-corrected chi connectivity index (χ4v) is 2.64. The molecule has 8 heteroatoms. The fourth-order valence-electron chi connectivity index (χ4n) is 2.64. The third-order valence-corrected chi connectivity index (χ3v) is 4.35. The van der Waals surface area contributed by atoms with Crippen molar-refractivity contribution in [3.05, 3.63) is 24.2 Å². The minimum Gasteiger partial charge on any atom is -0.469 e. The summed E-state index contributed by atoms with van der Waals surface area (Å²) in [6.45, 7) is 6.33. The lowest BCUT2D eigenvalue weighted by Gasteiger charge is -2.32. The van der Waals surface area contributed by atoms with Crippen LogP contribution in [-0.2, 0) is 6.42 Å². The summed E-state index contributed by atoms with van der Waals surface area (Å²) in [5.74, 6) is 1.77. The van der Waals surface area contributed by atoms with Gasteiger partial charge >= 0.3 is 6.03 Å². The second-order valence-corrected chi connectivity index (χ2v) is 6.26. The number of primary amides is 1. The van der Waals surface area contributed by atoms with Crippen LogP contribution in [0.3, 0.4) is 0 Å². The average molecular weight is 463 g/mol. The van der Waals surface area contributed by atoms with Gasteiger partial charge in [0.2, 0.25) is 0 Å². The van der Waals surface area contributed by atoms with Gasteiger partial charge in [0.15, 0.2) is 5.96 Å². The van der Waals surface area contributed by atoms with Crippen molar-refractivity contribution >= 4 is 36.0 Å². The van der Waals surface area contributed by atoms with Gasteiger partial charge in [0.25, 0.3) is 0 Å². The van der Waals surface area contributed by atoms with E-state index in [9.17, 15) is 4.79 Å². The van der Waals surface area contributed by atoms with Crippen molar-refractivity contribution in [2.24, 2.45) is 10.7 Å². The Balaban J connectivity index is 0.00000312. The predicted molar refractivity (Wildman–Crippen MR) is 110 cm³/mol. The number of nitrogens with zero attached hydrogens (tertiary/aromatic N) is 2. The fraction of sp³-hybridized carbons (Fsp3) is 0.647. The highest BCUT2D eigenvalue weighted by atomic mass is 127. The first kappa shape index (κ1) is 21.6. The smallest absolute Gasteiger partial charge is 0.314 e. The first-order valence-electron chi connectivity index (χ1n) is 8.72. The van der Waals surface area contributed by atoms with Crippen molar-refractivity contribution in [3.8, 4) is 0 Å². The van der Waals surface area contributed by atoms with Crippen LogP contribution < -0.4 is 16.4 Å². The Morgan fingerprint density at radius 3 is 2.76 bits per heavy atom. The Labute approximate surface area is 166 Å². The lowest BCUT2D eigenvalue weighted by atomic mass is 10.1. The topological polar surface area (TPSA) is 95.9 Å². The number of hydrogen-bond donors (Lipinski definition) is 3. The van der Waals surface area contributed by atoms with Crippen molar-refractivity contribution < 1.29 is 9.21 Å². The highest BCUT2D eigenvalue weighted by Gasteiger charge is 2.22. The van der Waals surface area contributed by atoms with Crippen molar-refractivity contribution in [3.63, 3.8) is 0 Å². The van der Waals surface area contributed by atoms with E-state index in [-0.39, 0.29) is 30.0 Å². The summed E-state index contributed by atoms with van der Waals surface area (Å²) < 4.78 is 5.34. The van der Waals surface area contributed by atoms with Crippen LogP contribution in [0.2, 0.25) is 0 Å². The van der Waals surface area contributed by atoms with Crippen molar-refractivity contribution in [1.82, 2.24) is 15.5 Å². The van der Waals surface area contributed by atoms with Gasteiger partial charge in [0, 0.05) is 38.1 Å². The van der Waals surface area contributed by atoms with Crippen LogP contribution in [-0.4, -0.2) is 48.6 Å². The number of guanidine groups is 1. The average Bonchev–Trinajstić information content (AvgIpc) is 3.08. The van der Waals surface area contributed by atoms with Crippen molar-refractivity contribution in [2.75, 3.05) is 19.6 Å². The first-order valence-corrected chi connectivity index (χ1v) is 8.72. The summed E-state index contributed by atoms with van der Waals surface area (Å²) in [7, 11) is 0. The van der Waals surface area contributed by atoms with E-state index in [2.05, 4.69) is 29.5 Å². The van der Waals surface area contributed by atoms with Crippen LogP contribution in [0.25, 0.3) is 0 Å². The molecule has 4 N–H and O–H groups in total. The summed E-state index contributed by atoms with van der Waals surface area (Å²) >= 11 is 0. The molecule has 0 spiro atoms. The lowest BCUT2D eigenvalue weighted by molar-refractivity contribution is 0.188. The molecule has 1 aliphatic heterocycles. The van der Waals surface area contributed by atoms with Crippen LogP contribution in [0, 0.1) is 0 Å². The summed E-state index contributed by atoms with van der Waals surface area (Å²) in [4.78, 5) is 17.6. The molecule has 1 unspecified atom stereocenters. The standard InChI is InChI=1S/C17H29N5O2.HI/c1-3-13(2)20-17(19-9-6-15-5-4-12-24-15)21-14-7-10-22(11-8-14)16(18)23;/h4-5,12-14H,3,6-11H2,1-2H3,(H2,18,23)(H2,19,20,21);1H. The van der Waals surface area contributed by atoms with Gasteiger partial charge in [-0.2, -0.15) is 0 Å². The molecule has 0 bridgehead atoms. The van der Waals surface area contributed by atoms with Gasteiger partial charge < -0.3 is 25.7 Å². The predicted octanol–water partition coefficient (Wildman–Crippen LogP) is 2.32. The van der Waals surface area contributed by atoms with Gasteiger partial charge in [-0.3, -0.25) is 4.99 Å². The Morgan fingerprint density at radius 2 is 2.20 bits per heavy atom. The number of urea groups is 1. The van der Waals surface area contributed by atoms with Crippen molar-refractivity contribution in [1.29, 1.82) is 0 Å². The van der Waals surface area contributed by atoms with Gasteiger partial charge in [0.1, 0.15) is 5.76 Å². The van der Waals surface area contributed by atoms with Crippen molar-refractivity contribution in [2.45, 2.75) is 51.6 Å². The number of carbonyl (C=O) groups is 1. The molecule has 25 heavy (non-hydrogen) atoms. The van der Waals surface area contributed by atoms with Gasteiger partial charge in [-0.15, -0.1) is 24.0 Å². The molecular weight excluding hydrogens is 433 g/mol. The number of carbonyl (C=O) groups excluding carboxylic acids is 1. The largest absolute Gasteiger partial charge is 0.469 e. The molecule has 2 rings (SSSR count). The molecule has 1 aromatic rings. The highest BCUT2D eigenvalue weighted by Crippen LogP contribution is 2.10. The summed E-state index contributed by atoms with van der Waals surface area (Å²) in [6.07, 6.45) is 5.24. The molecule has 2 heterocycles. The van der Waals surface area contributed by atoms with Crippen LogP contribution in [0.1, 0.15) is 38.9 Å². The number of piperidine rings is 1. The second kappa shape index (κ2) is 11.2. The van der Waals surface area contributed by atoms with E-state index in [0.717, 1.165) is 37.4 Å². The number of hydrogen-bond acceptors (Lipinski definition) is 3. The summed E-state index contributed by atoms with van der Waals surface area (Å²) in [6, 6.07) is 4.18. The maximum atomic E-state index is 11.2. The van der Waals surface area contributed by atoms with Gasteiger partial charge in [-0.05, 0) is 38.3 Å². The zero-order valence-corrected chi connectivity index (χ0v) is 17.4. The molecule has 1 aliphatic rings. The maximum absolute atomic E-state index is 11.2. The molecule has 142 valence electrons. The highest BCUT2D eigenvalue weighted by molar-refractivity contribution is 14.0. The maximum Gasteiger partial charge on any atom is 0.314 e. The Hall–Kier alpha value is -1.45. The number of nitrogens with two attached hydrogens (primary N) is 1. The van der Waals surface area contributed by atoms with E-state index in [0.29, 0.717) is 31.7 Å². The van der Waals surface area contributed by atoms with E-state index < -0.39 is 0 Å². The summed E-state index contributed by atoms with van der Waals surface area (Å²) in [5.41, 5.74) is 5.33. The van der Waals surface area contributed by atoms with Gasteiger partial charge in [0.05, 0.1) is 6.26 Å². The zero-order valence-electron chi connectivity index (χ0n) is 15.0. The number of halogens is 1. The molecule has 1 saturated heterocycles. The van der Waals surface area contributed by atoms with E-state index >= 15 is 0 Å². The second-order valence-electron chi connectivity index (χ2n) is 6.26. The minimum atomic E-state index is -0.335. The van der Waals surface area contributed by atoms with Gasteiger partial charge in [-0.25, -0.2) is 4.79 Å². The van der Waals surface area contributed by atoms with E-state index in [4.69, 9.17) is 10.2 Å². The Kier molecular flexibility index (Phi) is 9.69. The van der Waals surface area contributed by atoms with Crippen LogP contribution in [0.15, 0.2) is 27.8 Å². The molecule has 0 radical (unpaired) electrons. The van der Waals surface area contributed by atoms with Crippen LogP contribution in [0.4, 0.5) is 4.79 Å². The molecule has 1 atom stereocenters. The number of likely N-dealkylation sites (tertiary alicyclic amines) is 1.